The first-order valence-corrected chi connectivity index (χ1v) is 5.00. The molecule has 0 atom stereocenters. The lowest BCUT2D eigenvalue weighted by Gasteiger charge is -2.07. The Morgan fingerprint density at radius 3 is 1.44 bits per heavy atom. The van der Waals surface area contributed by atoms with Crippen LogP contribution >= 0.6 is 0 Å². The Labute approximate surface area is 94.6 Å². The summed E-state index contributed by atoms with van der Waals surface area (Å²) in [5, 5.41) is 0. The van der Waals surface area contributed by atoms with Crippen LogP contribution in [0.2, 0.25) is 0 Å². The van der Waals surface area contributed by atoms with Gasteiger partial charge in [0.15, 0.2) is 12.4 Å². The van der Waals surface area contributed by atoms with E-state index >= 15 is 0 Å². The largest absolute Gasteiger partial charge is 0.411 e. The highest BCUT2D eigenvalue weighted by atomic mass is 16.1. The Morgan fingerprint density at radius 2 is 1.06 bits per heavy atom. The highest BCUT2D eigenvalue weighted by Crippen LogP contribution is 1.84. The van der Waals surface area contributed by atoms with E-state index < -0.39 is 0 Å². The monoisotopic (exact) mass is 212 g/mol. The van der Waals surface area contributed by atoms with Crippen molar-refractivity contribution in [1.29, 1.82) is 0 Å². The number of pyridine rings is 2. The second kappa shape index (κ2) is 4.98. The van der Waals surface area contributed by atoms with Crippen LogP contribution in [0.15, 0.2) is 61.2 Å². The first kappa shape index (κ1) is 10.2. The van der Waals surface area contributed by atoms with Crippen molar-refractivity contribution in [3.8, 4) is 0 Å². The summed E-state index contributed by atoms with van der Waals surface area (Å²) in [6, 6.07) is 11.3. The molecule has 0 bridgehead atoms. The predicted molar refractivity (Wildman–Crippen MR) is 57.7 cm³/mol. The molecule has 0 unspecified atom stereocenters. The Kier molecular flexibility index (Phi) is 3.18. The molecular weight excluding hydrogens is 200 g/mol. The van der Waals surface area contributed by atoms with E-state index in [1.807, 2.05) is 61.2 Å². The molecule has 0 saturated carbocycles. The molecule has 0 aromatic carbocycles. The molecule has 0 aliphatic heterocycles. The lowest BCUT2D eigenvalue weighted by molar-refractivity contribution is -0.638. The summed E-state index contributed by atoms with van der Waals surface area (Å²) >= 11 is 0. The summed E-state index contributed by atoms with van der Waals surface area (Å²) in [4.78, 5) is 11.6. The van der Waals surface area contributed by atoms with Crippen molar-refractivity contribution in [3.05, 3.63) is 74.3 Å². The molecule has 2 aromatic rings. The van der Waals surface area contributed by atoms with Crippen LogP contribution in [0.25, 0.3) is 0 Å². The van der Waals surface area contributed by atoms with Crippen molar-refractivity contribution in [2.24, 2.45) is 0 Å². The molecule has 0 radical (unpaired) electrons. The Hall–Kier alpha value is -2.29. The molecule has 0 spiro atoms. The lowest BCUT2D eigenvalue weighted by Crippen LogP contribution is -2.41. The van der Waals surface area contributed by atoms with E-state index in [-0.39, 0.29) is 5.78 Å². The van der Waals surface area contributed by atoms with Gasteiger partial charge in [0, 0.05) is 31.1 Å². The van der Waals surface area contributed by atoms with Gasteiger partial charge in [-0.05, 0) is 0 Å². The molecule has 16 heavy (non-hydrogen) atoms. The zero-order valence-electron chi connectivity index (χ0n) is 8.73. The smallest absolute Gasteiger partial charge is 0.157 e. The van der Waals surface area contributed by atoms with Gasteiger partial charge < -0.3 is 9.36 Å². The Bertz CT molecular complexity index is 410. The van der Waals surface area contributed by atoms with Gasteiger partial charge in [0.05, 0.1) is 6.54 Å². The Balaban J connectivity index is 1.95. The fraction of sp³-hybridized carbons (Fsp3) is 0. The number of carbonyl (C=O) groups is 1. The standard InChI is InChI=1S/C13H12N2O/c16-13(11-14-7-3-1-4-8-14)12-15-9-5-2-6-10-15/h1-12H. The average molecular weight is 212 g/mol. The molecule has 80 valence electrons. The van der Waals surface area contributed by atoms with E-state index in [0.29, 0.717) is 0 Å². The molecule has 0 N–H and O–H groups in total. The summed E-state index contributed by atoms with van der Waals surface area (Å²) in [6.45, 7) is 3.06. The minimum Gasteiger partial charge on any atom is -0.411 e. The predicted octanol–water partition coefficient (Wildman–Crippen LogP) is 0.551. The first-order valence-electron chi connectivity index (χ1n) is 5.00. The van der Waals surface area contributed by atoms with E-state index in [4.69, 9.17) is 0 Å². The molecule has 0 amide bonds. The number of aromatic nitrogens is 2. The maximum atomic E-state index is 11.6. The molecule has 0 saturated heterocycles. The quantitative estimate of drug-likeness (QED) is 0.536. The van der Waals surface area contributed by atoms with Crippen LogP contribution in [0.3, 0.4) is 0 Å². The van der Waals surface area contributed by atoms with Crippen molar-refractivity contribution >= 4 is 5.78 Å². The molecule has 0 aliphatic carbocycles. The van der Waals surface area contributed by atoms with E-state index in [2.05, 4.69) is 0 Å². The van der Waals surface area contributed by atoms with Gasteiger partial charge in [-0.15, -0.1) is 0 Å². The average Bonchev–Trinajstić information content (AvgIpc) is 2.31. The van der Waals surface area contributed by atoms with E-state index in [9.17, 15) is 4.79 Å². The molecule has 3 nitrogen and oxygen atoms in total. The maximum absolute atomic E-state index is 11.6. The lowest BCUT2D eigenvalue weighted by atomic mass is 10.3. The highest BCUT2D eigenvalue weighted by Gasteiger charge is 2.01. The number of hydrogen-bond donors (Lipinski definition) is 0. The van der Waals surface area contributed by atoms with Gasteiger partial charge in [0.2, 0.25) is 0 Å². The zero-order valence-corrected chi connectivity index (χ0v) is 8.73. The van der Waals surface area contributed by atoms with E-state index in [0.717, 1.165) is 0 Å². The summed E-state index contributed by atoms with van der Waals surface area (Å²) in [6.07, 6.45) is 7.28. The van der Waals surface area contributed by atoms with Gasteiger partial charge in [0.1, 0.15) is 5.78 Å². The summed E-state index contributed by atoms with van der Waals surface area (Å²) in [5.74, 6) is -0.0626. The zero-order chi connectivity index (χ0) is 11.2. The van der Waals surface area contributed by atoms with Crippen LogP contribution in [-0.4, -0.2) is 5.78 Å². The number of hydrogen-bond acceptors (Lipinski definition) is 1. The van der Waals surface area contributed by atoms with Crippen molar-refractivity contribution in [2.45, 2.75) is 0 Å². The molecule has 2 aromatic heterocycles. The molecule has 3 heteroatoms. The third-order valence-corrected chi connectivity index (χ3v) is 2.03. The van der Waals surface area contributed by atoms with Crippen LogP contribution in [0, 0.1) is 13.1 Å². The minimum absolute atomic E-state index is 0.0626. The van der Waals surface area contributed by atoms with Crippen LogP contribution in [0.4, 0.5) is 0 Å². The van der Waals surface area contributed by atoms with Crippen molar-refractivity contribution in [1.82, 2.24) is 0 Å². The van der Waals surface area contributed by atoms with E-state index in [1.54, 1.807) is 9.13 Å². The fourth-order valence-electron chi connectivity index (χ4n) is 1.32. The van der Waals surface area contributed by atoms with Crippen molar-refractivity contribution < 1.29 is 13.9 Å². The normalized spacial score (nSPS) is 9.50. The highest BCUT2D eigenvalue weighted by molar-refractivity contribution is 5.90. The summed E-state index contributed by atoms with van der Waals surface area (Å²) in [7, 11) is 0. The molecule has 2 heterocycles. The van der Waals surface area contributed by atoms with Crippen LogP contribution in [0.5, 0.6) is 0 Å². The van der Waals surface area contributed by atoms with Crippen molar-refractivity contribution in [3.63, 3.8) is 0 Å². The molecular formula is C13H12N2O. The third kappa shape index (κ3) is 2.85. The maximum Gasteiger partial charge on any atom is 0.157 e. The number of carbonyl (C=O) groups excluding carboxylic acids is 1. The van der Waals surface area contributed by atoms with Crippen LogP contribution < -0.4 is 9.13 Å². The van der Waals surface area contributed by atoms with Crippen LogP contribution in [-0.2, 0) is 4.79 Å². The van der Waals surface area contributed by atoms with Crippen LogP contribution in [0.1, 0.15) is 0 Å². The number of ketones is 1. The fourth-order valence-corrected chi connectivity index (χ4v) is 1.32. The van der Waals surface area contributed by atoms with Gasteiger partial charge >= 0.3 is 0 Å². The van der Waals surface area contributed by atoms with Crippen molar-refractivity contribution in [2.75, 3.05) is 0 Å². The SMILES string of the molecule is O=C([CH-][n+]1ccccc1)[CH-][n+]1ccccc1. The Morgan fingerprint density at radius 1 is 0.688 bits per heavy atom. The van der Waals surface area contributed by atoms with Gasteiger partial charge in [-0.1, -0.05) is 24.3 Å². The second-order valence-corrected chi connectivity index (χ2v) is 3.31. The van der Waals surface area contributed by atoms with E-state index in [1.165, 1.54) is 13.1 Å². The molecule has 0 fully saturated rings. The summed E-state index contributed by atoms with van der Waals surface area (Å²) in [5.41, 5.74) is 0. The molecule has 2 rings (SSSR count). The second-order valence-electron chi connectivity index (χ2n) is 3.31. The number of Topliss-reactive ketones (excluding diaryl/α,β-unsaturated/α-hetero) is 1. The number of rotatable bonds is 4. The topological polar surface area (TPSA) is 24.8 Å². The number of nitrogens with zero attached hydrogens (tertiary/aromatic N) is 2. The van der Waals surface area contributed by atoms with Gasteiger partial charge in [-0.3, -0.25) is 4.57 Å². The molecule has 0 aliphatic rings. The third-order valence-electron chi connectivity index (χ3n) is 2.03. The summed E-state index contributed by atoms with van der Waals surface area (Å²) < 4.78 is 3.45. The van der Waals surface area contributed by atoms with Gasteiger partial charge in [0.25, 0.3) is 0 Å². The van der Waals surface area contributed by atoms with Gasteiger partial charge in [-0.25, -0.2) is 0 Å². The first-order chi connectivity index (χ1) is 7.84. The minimum atomic E-state index is -0.0626. The van der Waals surface area contributed by atoms with Gasteiger partial charge in [-0.2, -0.15) is 0 Å².